The van der Waals surface area contributed by atoms with Gasteiger partial charge in [-0.25, -0.2) is 0 Å². The van der Waals surface area contributed by atoms with Crippen LogP contribution in [0.5, 0.6) is 11.5 Å². The van der Waals surface area contributed by atoms with Crippen LogP contribution in [0.1, 0.15) is 52.0 Å². The van der Waals surface area contributed by atoms with Gasteiger partial charge in [0.2, 0.25) is 0 Å². The number of rotatable bonds is 12. The highest BCUT2D eigenvalue weighted by Gasteiger charge is 2.23. The van der Waals surface area contributed by atoms with Gasteiger partial charge in [-0.1, -0.05) is 88.2 Å². The molecule has 8 nitrogen and oxygen atoms in total. The maximum absolute atomic E-state index is 13.5. The topological polar surface area (TPSA) is 83.1 Å². The molecule has 0 unspecified atom stereocenters. The van der Waals surface area contributed by atoms with Gasteiger partial charge in [0.15, 0.2) is 0 Å². The van der Waals surface area contributed by atoms with E-state index in [1.54, 1.807) is 18.2 Å². The number of nitrogens with zero attached hydrogens (tertiary/aromatic N) is 2. The fourth-order valence-electron chi connectivity index (χ4n) is 7.80. The number of halogens is 2. The Morgan fingerprint density at radius 1 is 0.617 bits per heavy atom. The first-order valence-electron chi connectivity index (χ1n) is 20.5. The first-order valence-corrected chi connectivity index (χ1v) is 21.7. The van der Waals surface area contributed by atoms with E-state index in [2.05, 4.69) is 55.5 Å². The zero-order chi connectivity index (χ0) is 41.4. The number of likely N-dealkylation sites (tertiary alicyclic amines) is 2. The van der Waals surface area contributed by atoms with E-state index in [9.17, 15) is 9.59 Å². The van der Waals surface area contributed by atoms with E-state index in [1.165, 1.54) is 0 Å². The molecule has 60 heavy (non-hydrogen) atoms. The maximum Gasteiger partial charge on any atom is 0.257 e. The number of hydrogen-bond donors (Lipinski definition) is 2. The number of benzene rings is 6. The summed E-state index contributed by atoms with van der Waals surface area (Å²) in [5.74, 6) is 1.32. The molecule has 0 spiro atoms. The highest BCUT2D eigenvalue weighted by atomic mass is 79.9. The second-order valence-electron chi connectivity index (χ2n) is 15.6. The maximum atomic E-state index is 13.5. The highest BCUT2D eigenvalue weighted by molar-refractivity contribution is 9.10. The molecule has 0 saturated carbocycles. The molecule has 2 saturated heterocycles. The number of hydrogen-bond acceptors (Lipinski definition) is 6. The SMILES string of the molecule is CN1CCC(Oc2ccc(-c3cccc(NC(=O)c4cccc(CN5CCC(Oc6ccc(-c7cccc(NC(=O)c8ccc(Br)cc8)c7)cc6)CC5)c4Cl)c3)cc2)CC1. The Kier molecular flexibility index (Phi) is 13.3. The van der Waals surface area contributed by atoms with E-state index in [0.717, 1.165) is 101 Å². The summed E-state index contributed by atoms with van der Waals surface area (Å²) >= 11 is 10.3. The lowest BCUT2D eigenvalue weighted by Gasteiger charge is -2.32. The fourth-order valence-corrected chi connectivity index (χ4v) is 8.33. The Balaban J connectivity index is 0.813. The molecule has 2 N–H and O–H groups in total. The van der Waals surface area contributed by atoms with Crippen molar-refractivity contribution in [2.24, 2.45) is 0 Å². The summed E-state index contributed by atoms with van der Waals surface area (Å²) in [6.45, 7) is 4.47. The summed E-state index contributed by atoms with van der Waals surface area (Å²) in [5.41, 5.74) is 7.50. The number of nitrogens with one attached hydrogen (secondary N) is 2. The molecule has 0 aromatic heterocycles. The lowest BCUT2D eigenvalue weighted by atomic mass is 10.0. The molecule has 2 heterocycles. The van der Waals surface area contributed by atoms with Crippen LogP contribution in [-0.2, 0) is 6.54 Å². The minimum atomic E-state index is -0.241. The number of carbonyl (C=O) groups excluding carboxylic acids is 2. The molecule has 6 aromatic carbocycles. The zero-order valence-electron chi connectivity index (χ0n) is 33.6. The minimum Gasteiger partial charge on any atom is -0.490 e. The van der Waals surface area contributed by atoms with Gasteiger partial charge >= 0.3 is 0 Å². The second kappa shape index (κ2) is 19.3. The average Bonchev–Trinajstić information content (AvgIpc) is 3.27. The molecule has 0 atom stereocenters. The Hall–Kier alpha value is -5.45. The van der Waals surface area contributed by atoms with Gasteiger partial charge in [0.25, 0.3) is 11.8 Å². The summed E-state index contributed by atoms with van der Waals surface area (Å²) in [6, 6.07) is 45.0. The molecule has 0 bridgehead atoms. The van der Waals surface area contributed by atoms with Crippen molar-refractivity contribution >= 4 is 50.7 Å². The Bertz CT molecular complexity index is 2410. The third-order valence-corrected chi connectivity index (χ3v) is 12.2. The summed E-state index contributed by atoms with van der Waals surface area (Å²) < 4.78 is 13.6. The van der Waals surface area contributed by atoms with Crippen LogP contribution in [0.4, 0.5) is 11.4 Å². The van der Waals surface area contributed by atoms with Gasteiger partial charge in [-0.3, -0.25) is 14.5 Å². The predicted molar refractivity (Wildman–Crippen MR) is 245 cm³/mol. The summed E-state index contributed by atoms with van der Waals surface area (Å²) in [7, 11) is 2.15. The van der Waals surface area contributed by atoms with Crippen molar-refractivity contribution in [2.45, 2.75) is 44.4 Å². The summed E-state index contributed by atoms with van der Waals surface area (Å²) in [5, 5.41) is 6.54. The van der Waals surface area contributed by atoms with Gasteiger partial charge in [0.1, 0.15) is 23.7 Å². The van der Waals surface area contributed by atoms with Crippen LogP contribution in [0, 0.1) is 0 Å². The summed E-state index contributed by atoms with van der Waals surface area (Å²) in [4.78, 5) is 31.0. The second-order valence-corrected chi connectivity index (χ2v) is 16.9. The summed E-state index contributed by atoms with van der Waals surface area (Å²) in [6.07, 6.45) is 4.19. The van der Waals surface area contributed by atoms with E-state index in [0.29, 0.717) is 28.4 Å². The van der Waals surface area contributed by atoms with Crippen LogP contribution in [-0.4, -0.2) is 67.0 Å². The standard InChI is InChI=1S/C50H48BrClN4O4/c1-55-27-23-45(24-28-55)59-43-19-13-35(14-20-43)38-6-3-9-42(32-38)54-50(58)47-10-4-7-39(48(47)52)33-56-29-25-46(26-30-56)60-44-21-15-34(16-22-44)37-5-2-8-41(31-37)53-49(57)36-11-17-40(51)18-12-36/h2-22,31-32,45-46H,23-30,33H2,1H3,(H,53,57)(H,54,58). The fraction of sp³-hybridized carbons (Fsp3) is 0.240. The van der Waals surface area contributed by atoms with Gasteiger partial charge in [0, 0.05) is 54.1 Å². The molecule has 8 rings (SSSR count). The Morgan fingerprint density at radius 3 is 1.67 bits per heavy atom. The van der Waals surface area contributed by atoms with E-state index >= 15 is 0 Å². The smallest absolute Gasteiger partial charge is 0.257 e. The van der Waals surface area contributed by atoms with E-state index < -0.39 is 0 Å². The molecular formula is C50H48BrClN4O4. The largest absolute Gasteiger partial charge is 0.490 e. The Labute approximate surface area is 365 Å². The number of anilines is 2. The van der Waals surface area contributed by atoms with E-state index in [-0.39, 0.29) is 24.0 Å². The first-order chi connectivity index (χ1) is 29.2. The van der Waals surface area contributed by atoms with Crippen LogP contribution in [0.2, 0.25) is 5.02 Å². The highest BCUT2D eigenvalue weighted by Crippen LogP contribution is 2.30. The van der Waals surface area contributed by atoms with Crippen LogP contribution < -0.4 is 20.1 Å². The van der Waals surface area contributed by atoms with Crippen molar-refractivity contribution < 1.29 is 19.1 Å². The molecule has 2 aliphatic heterocycles. The normalized spacial score (nSPS) is 15.3. The Morgan fingerprint density at radius 2 is 1.12 bits per heavy atom. The van der Waals surface area contributed by atoms with Gasteiger partial charge in [-0.15, -0.1) is 0 Å². The van der Waals surface area contributed by atoms with Crippen molar-refractivity contribution in [3.05, 3.63) is 166 Å². The predicted octanol–water partition coefficient (Wildman–Crippen LogP) is 11.5. The number of piperidine rings is 2. The molecule has 10 heteroatoms. The molecular weight excluding hydrogens is 836 g/mol. The van der Waals surface area contributed by atoms with Crippen molar-refractivity contribution in [3.8, 4) is 33.8 Å². The minimum absolute atomic E-state index is 0.0999. The molecule has 306 valence electrons. The van der Waals surface area contributed by atoms with Crippen LogP contribution in [0.15, 0.2) is 144 Å². The van der Waals surface area contributed by atoms with Gasteiger partial charge in [-0.2, -0.15) is 0 Å². The lowest BCUT2D eigenvalue weighted by Crippen LogP contribution is -2.37. The number of ether oxygens (including phenoxy) is 2. The lowest BCUT2D eigenvalue weighted by molar-refractivity contribution is 0.0967. The monoisotopic (exact) mass is 882 g/mol. The third-order valence-electron chi connectivity index (χ3n) is 11.2. The van der Waals surface area contributed by atoms with Gasteiger partial charge in [0.05, 0.1) is 10.6 Å². The van der Waals surface area contributed by atoms with Crippen molar-refractivity contribution in [1.29, 1.82) is 0 Å². The third kappa shape index (κ3) is 10.6. The number of amides is 2. The first kappa shape index (κ1) is 41.3. The van der Waals surface area contributed by atoms with E-state index in [1.807, 2.05) is 109 Å². The number of carbonyl (C=O) groups is 2. The van der Waals surface area contributed by atoms with Crippen LogP contribution in [0.3, 0.4) is 0 Å². The van der Waals surface area contributed by atoms with E-state index in [4.69, 9.17) is 21.1 Å². The van der Waals surface area contributed by atoms with Crippen LogP contribution >= 0.6 is 27.5 Å². The molecule has 6 aromatic rings. The molecule has 2 aliphatic rings. The molecule has 2 amide bonds. The van der Waals surface area contributed by atoms with Crippen molar-refractivity contribution in [2.75, 3.05) is 43.9 Å². The molecule has 2 fully saturated rings. The van der Waals surface area contributed by atoms with Gasteiger partial charge in [-0.05, 0) is 139 Å². The molecule has 0 aliphatic carbocycles. The molecule has 0 radical (unpaired) electrons. The van der Waals surface area contributed by atoms with Gasteiger partial charge < -0.3 is 25.0 Å². The average molecular weight is 884 g/mol. The van der Waals surface area contributed by atoms with Crippen molar-refractivity contribution in [3.63, 3.8) is 0 Å². The van der Waals surface area contributed by atoms with Crippen LogP contribution in [0.25, 0.3) is 22.3 Å². The zero-order valence-corrected chi connectivity index (χ0v) is 35.9. The quantitative estimate of drug-likeness (QED) is 0.127. The van der Waals surface area contributed by atoms with Crippen molar-refractivity contribution in [1.82, 2.24) is 9.80 Å².